The molecule has 1 aliphatic heterocycles. The number of hydrogen-bond donors (Lipinski definition) is 1. The van der Waals surface area contributed by atoms with Crippen molar-refractivity contribution in [3.05, 3.63) is 64.1 Å². The minimum Gasteiger partial charge on any atom is -0.310 e. The minimum atomic E-state index is -0.0537. The molecule has 0 saturated carbocycles. The summed E-state index contributed by atoms with van der Waals surface area (Å²) in [5.74, 6) is 1.16. The number of hydrogen-bond acceptors (Lipinski definition) is 4. The third kappa shape index (κ3) is 3.23. The number of H-pyrrole nitrogens is 1. The molecule has 1 N–H and O–H groups in total. The topological polar surface area (TPSA) is 66.3 Å². The summed E-state index contributed by atoms with van der Waals surface area (Å²) in [4.78, 5) is 27.6. The van der Waals surface area contributed by atoms with Crippen molar-refractivity contribution < 1.29 is 0 Å². The van der Waals surface area contributed by atoms with Gasteiger partial charge < -0.3 is 14.3 Å². The van der Waals surface area contributed by atoms with Gasteiger partial charge in [0.25, 0.3) is 5.56 Å². The molecule has 6 nitrogen and oxygen atoms in total. The number of pyridine rings is 1. The zero-order valence-corrected chi connectivity index (χ0v) is 17.1. The van der Waals surface area contributed by atoms with Gasteiger partial charge in [-0.15, -0.1) is 0 Å². The van der Waals surface area contributed by atoms with E-state index < -0.39 is 0 Å². The molecule has 0 bridgehead atoms. The van der Waals surface area contributed by atoms with E-state index in [9.17, 15) is 4.79 Å². The molecule has 0 unspecified atom stereocenters. The Bertz CT molecular complexity index is 1280. The number of nitrogens with zero attached hydrogens (tertiary/aromatic N) is 4. The van der Waals surface area contributed by atoms with Gasteiger partial charge in [0.2, 0.25) is 0 Å². The zero-order valence-electron chi connectivity index (χ0n) is 17.1. The molecule has 1 aliphatic rings. The second-order valence-electron chi connectivity index (χ2n) is 8.29. The lowest BCUT2D eigenvalue weighted by Gasteiger charge is -2.28. The summed E-state index contributed by atoms with van der Waals surface area (Å²) in [5, 5.41) is 0.638. The third-order valence-electron chi connectivity index (χ3n) is 6.02. The van der Waals surface area contributed by atoms with Crippen LogP contribution in [0.2, 0.25) is 0 Å². The normalized spacial score (nSPS) is 16.1. The van der Waals surface area contributed by atoms with Crippen molar-refractivity contribution in [2.45, 2.75) is 32.6 Å². The fourth-order valence-corrected chi connectivity index (χ4v) is 4.36. The van der Waals surface area contributed by atoms with Crippen molar-refractivity contribution in [2.75, 3.05) is 20.1 Å². The van der Waals surface area contributed by atoms with Crippen LogP contribution in [0.1, 0.15) is 35.8 Å². The van der Waals surface area contributed by atoms with Crippen LogP contribution in [0.3, 0.4) is 0 Å². The van der Waals surface area contributed by atoms with Crippen LogP contribution >= 0.6 is 0 Å². The summed E-state index contributed by atoms with van der Waals surface area (Å²) in [5.41, 5.74) is 5.85. The van der Waals surface area contributed by atoms with Crippen LogP contribution in [0.5, 0.6) is 0 Å². The average molecular weight is 387 g/mol. The Hall–Kier alpha value is -2.99. The lowest BCUT2D eigenvalue weighted by Crippen LogP contribution is -2.30. The van der Waals surface area contributed by atoms with E-state index in [1.807, 2.05) is 25.3 Å². The molecule has 4 heterocycles. The Morgan fingerprint density at radius 3 is 2.62 bits per heavy atom. The van der Waals surface area contributed by atoms with Gasteiger partial charge >= 0.3 is 0 Å². The Balaban J connectivity index is 1.56. The molecular weight excluding hydrogens is 362 g/mol. The van der Waals surface area contributed by atoms with Gasteiger partial charge in [-0.1, -0.05) is 6.07 Å². The third-order valence-corrected chi connectivity index (χ3v) is 6.02. The number of aromatic nitrogens is 4. The van der Waals surface area contributed by atoms with Crippen LogP contribution in [-0.2, 0) is 0 Å². The molecule has 5 rings (SSSR count). The molecule has 0 spiro atoms. The summed E-state index contributed by atoms with van der Waals surface area (Å²) >= 11 is 0. The van der Waals surface area contributed by atoms with E-state index in [-0.39, 0.29) is 5.56 Å². The number of likely N-dealkylation sites (tertiary alicyclic amines) is 1. The molecule has 6 heteroatoms. The second-order valence-corrected chi connectivity index (χ2v) is 8.29. The number of nitrogens with one attached hydrogen (secondary N) is 1. The van der Waals surface area contributed by atoms with Crippen molar-refractivity contribution >= 4 is 16.6 Å². The number of aromatic amines is 1. The van der Waals surface area contributed by atoms with Gasteiger partial charge in [0.15, 0.2) is 0 Å². The highest BCUT2D eigenvalue weighted by Gasteiger charge is 2.21. The van der Waals surface area contributed by atoms with Crippen LogP contribution in [0.4, 0.5) is 0 Å². The number of fused-ring (bicyclic) bond motifs is 2. The van der Waals surface area contributed by atoms with Crippen molar-refractivity contribution in [2.24, 2.45) is 0 Å². The van der Waals surface area contributed by atoms with E-state index >= 15 is 0 Å². The standard InChI is InChI=1S/C23H25N5O/c1-14-10-18(13-28-12-15(2)24-22(14)28)17-4-5-20-19(11-17)23(29)26-21(25-20)16-6-8-27(3)9-7-16/h4-5,10-13,16H,6-9H2,1-3H3,(H,25,26,29). The Morgan fingerprint density at radius 2 is 1.83 bits per heavy atom. The fraction of sp³-hybridized carbons (Fsp3) is 0.348. The Labute approximate surface area is 169 Å². The molecule has 1 aromatic carbocycles. The predicted octanol–water partition coefficient (Wildman–Crippen LogP) is 3.66. The molecular formula is C23H25N5O. The second kappa shape index (κ2) is 6.81. The van der Waals surface area contributed by atoms with Gasteiger partial charge in [0.05, 0.1) is 16.6 Å². The largest absolute Gasteiger partial charge is 0.310 e. The summed E-state index contributed by atoms with van der Waals surface area (Å²) in [6.07, 6.45) is 6.16. The Morgan fingerprint density at radius 1 is 1.03 bits per heavy atom. The van der Waals surface area contributed by atoms with Crippen molar-refractivity contribution in [3.63, 3.8) is 0 Å². The van der Waals surface area contributed by atoms with Gasteiger partial charge in [-0.3, -0.25) is 4.79 Å². The van der Waals surface area contributed by atoms with Crippen molar-refractivity contribution in [1.82, 2.24) is 24.3 Å². The number of imidazole rings is 1. The molecule has 1 fully saturated rings. The lowest BCUT2D eigenvalue weighted by atomic mass is 9.96. The average Bonchev–Trinajstić information content (AvgIpc) is 3.09. The molecule has 148 valence electrons. The van der Waals surface area contributed by atoms with Gasteiger partial charge in [-0.25, -0.2) is 9.97 Å². The quantitative estimate of drug-likeness (QED) is 0.570. The molecule has 4 aromatic rings. The summed E-state index contributed by atoms with van der Waals surface area (Å²) in [7, 11) is 2.14. The highest BCUT2D eigenvalue weighted by molar-refractivity contribution is 5.84. The van der Waals surface area contributed by atoms with Crippen LogP contribution in [0, 0.1) is 13.8 Å². The first-order chi connectivity index (χ1) is 14.0. The van der Waals surface area contributed by atoms with Crippen molar-refractivity contribution in [1.29, 1.82) is 0 Å². The van der Waals surface area contributed by atoms with E-state index in [1.165, 1.54) is 0 Å². The van der Waals surface area contributed by atoms with Crippen LogP contribution in [0.25, 0.3) is 27.7 Å². The highest BCUT2D eigenvalue weighted by atomic mass is 16.1. The van der Waals surface area contributed by atoms with Crippen LogP contribution < -0.4 is 5.56 Å². The van der Waals surface area contributed by atoms with Crippen LogP contribution in [0.15, 0.2) is 41.5 Å². The smallest absolute Gasteiger partial charge is 0.258 e. The molecule has 1 saturated heterocycles. The summed E-state index contributed by atoms with van der Waals surface area (Å²) in [6.45, 7) is 6.14. The number of rotatable bonds is 2. The van der Waals surface area contributed by atoms with Gasteiger partial charge in [0.1, 0.15) is 11.5 Å². The lowest BCUT2D eigenvalue weighted by molar-refractivity contribution is 0.251. The Kier molecular flexibility index (Phi) is 4.24. The molecule has 0 radical (unpaired) electrons. The minimum absolute atomic E-state index is 0.0537. The number of piperidine rings is 1. The van der Waals surface area contributed by atoms with Gasteiger partial charge in [-0.2, -0.15) is 0 Å². The molecule has 0 amide bonds. The van der Waals surface area contributed by atoms with Crippen LogP contribution in [-0.4, -0.2) is 44.4 Å². The highest BCUT2D eigenvalue weighted by Crippen LogP contribution is 2.27. The first-order valence-electron chi connectivity index (χ1n) is 10.2. The fourth-order valence-electron chi connectivity index (χ4n) is 4.36. The zero-order chi connectivity index (χ0) is 20.1. The maximum Gasteiger partial charge on any atom is 0.258 e. The van der Waals surface area contributed by atoms with E-state index in [0.29, 0.717) is 11.3 Å². The van der Waals surface area contributed by atoms with E-state index in [2.05, 4.69) is 51.6 Å². The van der Waals surface area contributed by atoms with E-state index in [4.69, 9.17) is 4.98 Å². The van der Waals surface area contributed by atoms with Gasteiger partial charge in [0, 0.05) is 18.3 Å². The monoisotopic (exact) mass is 387 g/mol. The number of aryl methyl sites for hydroxylation is 2. The predicted molar refractivity (Wildman–Crippen MR) is 115 cm³/mol. The maximum absolute atomic E-state index is 12.9. The van der Waals surface area contributed by atoms with Crippen molar-refractivity contribution in [3.8, 4) is 11.1 Å². The maximum atomic E-state index is 12.9. The SMILES string of the molecule is Cc1cn2cc(-c3ccc4nc(C5CCN(C)CC5)[nH]c(=O)c4c3)cc(C)c2n1. The van der Waals surface area contributed by atoms with Gasteiger partial charge in [-0.05, 0) is 81.7 Å². The first-order valence-corrected chi connectivity index (χ1v) is 10.2. The molecule has 29 heavy (non-hydrogen) atoms. The molecule has 0 aliphatic carbocycles. The summed E-state index contributed by atoms with van der Waals surface area (Å²) in [6, 6.07) is 8.09. The molecule has 3 aromatic heterocycles. The van der Waals surface area contributed by atoms with E-state index in [0.717, 1.165) is 65.3 Å². The summed E-state index contributed by atoms with van der Waals surface area (Å²) < 4.78 is 2.05. The first kappa shape index (κ1) is 18.1. The van der Waals surface area contributed by atoms with E-state index in [1.54, 1.807) is 0 Å². The molecule has 0 atom stereocenters. The number of benzene rings is 1.